The molecule has 1 aliphatic heterocycles. The first-order chi connectivity index (χ1) is 9.59. The van der Waals surface area contributed by atoms with Gasteiger partial charge in [-0.3, -0.25) is 0 Å². The summed E-state index contributed by atoms with van der Waals surface area (Å²) >= 11 is 0. The van der Waals surface area contributed by atoms with Gasteiger partial charge in [-0.25, -0.2) is 4.79 Å². The van der Waals surface area contributed by atoms with Crippen LogP contribution in [0.5, 0.6) is 5.75 Å². The molecule has 2 rings (SSSR count). The standard InChI is InChI=1S/C15H22N2O3/c1-17-10-8-15(9-11-17,14(18)20-3)16-12-4-6-13(19-2)7-5-12/h4-7,16H,8-11H2,1-3H3. The lowest BCUT2D eigenvalue weighted by atomic mass is 9.87. The molecule has 110 valence electrons. The molecule has 1 aromatic carbocycles. The lowest BCUT2D eigenvalue weighted by Gasteiger charge is -2.39. The first-order valence-electron chi connectivity index (χ1n) is 6.79. The topological polar surface area (TPSA) is 50.8 Å². The third-order valence-electron chi connectivity index (χ3n) is 3.89. The molecule has 0 unspecified atom stereocenters. The number of hydrogen-bond acceptors (Lipinski definition) is 5. The van der Waals surface area contributed by atoms with Crippen molar-refractivity contribution in [2.75, 3.05) is 39.7 Å². The van der Waals surface area contributed by atoms with Gasteiger partial charge < -0.3 is 19.7 Å². The van der Waals surface area contributed by atoms with Crippen LogP contribution in [0.1, 0.15) is 12.8 Å². The van der Waals surface area contributed by atoms with Crippen molar-refractivity contribution in [3.63, 3.8) is 0 Å². The van der Waals surface area contributed by atoms with Crippen LogP contribution in [-0.2, 0) is 9.53 Å². The number of methoxy groups -OCH3 is 2. The molecule has 1 heterocycles. The van der Waals surface area contributed by atoms with E-state index in [0.717, 1.165) is 37.4 Å². The van der Waals surface area contributed by atoms with Gasteiger partial charge in [-0.05, 0) is 44.2 Å². The number of rotatable bonds is 4. The molecule has 0 saturated carbocycles. The molecule has 5 heteroatoms. The van der Waals surface area contributed by atoms with Crippen molar-refractivity contribution in [3.8, 4) is 5.75 Å². The summed E-state index contributed by atoms with van der Waals surface area (Å²) in [4.78, 5) is 14.4. The van der Waals surface area contributed by atoms with E-state index in [2.05, 4.69) is 17.3 Å². The van der Waals surface area contributed by atoms with Crippen molar-refractivity contribution in [2.45, 2.75) is 18.4 Å². The summed E-state index contributed by atoms with van der Waals surface area (Å²) in [6.07, 6.45) is 1.48. The van der Waals surface area contributed by atoms with E-state index in [4.69, 9.17) is 9.47 Å². The monoisotopic (exact) mass is 278 g/mol. The molecule has 1 aliphatic rings. The normalized spacial score (nSPS) is 18.4. The molecule has 0 aliphatic carbocycles. The first-order valence-corrected chi connectivity index (χ1v) is 6.79. The molecular formula is C15H22N2O3. The molecule has 0 amide bonds. The van der Waals surface area contributed by atoms with Gasteiger partial charge in [-0.1, -0.05) is 0 Å². The number of hydrogen-bond donors (Lipinski definition) is 1. The van der Waals surface area contributed by atoms with Crippen LogP contribution in [-0.4, -0.2) is 50.8 Å². The minimum Gasteiger partial charge on any atom is -0.497 e. The van der Waals surface area contributed by atoms with Crippen molar-refractivity contribution in [2.24, 2.45) is 0 Å². The number of ether oxygens (including phenoxy) is 2. The molecule has 1 N–H and O–H groups in total. The predicted octanol–water partition coefficient (Wildman–Crippen LogP) is 1.74. The van der Waals surface area contributed by atoms with Gasteiger partial charge in [0.25, 0.3) is 0 Å². The number of anilines is 1. The number of carbonyl (C=O) groups excluding carboxylic acids is 1. The molecule has 0 bridgehead atoms. The highest BCUT2D eigenvalue weighted by molar-refractivity contribution is 5.84. The van der Waals surface area contributed by atoms with E-state index in [0.29, 0.717) is 0 Å². The highest BCUT2D eigenvalue weighted by Gasteiger charge is 2.41. The molecule has 1 aromatic rings. The summed E-state index contributed by atoms with van der Waals surface area (Å²) < 4.78 is 10.1. The van der Waals surface area contributed by atoms with E-state index in [1.54, 1.807) is 7.11 Å². The largest absolute Gasteiger partial charge is 0.497 e. The molecule has 1 fully saturated rings. The van der Waals surface area contributed by atoms with Crippen molar-refractivity contribution >= 4 is 11.7 Å². The Hall–Kier alpha value is -1.75. The summed E-state index contributed by atoms with van der Waals surface area (Å²) in [6, 6.07) is 7.59. The van der Waals surface area contributed by atoms with E-state index in [-0.39, 0.29) is 5.97 Å². The maximum absolute atomic E-state index is 12.2. The summed E-state index contributed by atoms with van der Waals surface area (Å²) in [7, 11) is 5.14. The number of esters is 1. The van der Waals surface area contributed by atoms with Crippen LogP contribution >= 0.6 is 0 Å². The highest BCUT2D eigenvalue weighted by atomic mass is 16.5. The number of nitrogens with zero attached hydrogens (tertiary/aromatic N) is 1. The lowest BCUT2D eigenvalue weighted by molar-refractivity contribution is -0.147. The van der Waals surface area contributed by atoms with Crippen molar-refractivity contribution in [1.82, 2.24) is 4.90 Å². The van der Waals surface area contributed by atoms with Gasteiger partial charge in [0.1, 0.15) is 11.3 Å². The van der Waals surface area contributed by atoms with E-state index >= 15 is 0 Å². The summed E-state index contributed by atoms with van der Waals surface area (Å²) in [6.45, 7) is 1.75. The average Bonchev–Trinajstić information content (AvgIpc) is 2.49. The molecule has 0 atom stereocenters. The Kier molecular flexibility index (Phi) is 4.49. The molecule has 0 spiro atoms. The SMILES string of the molecule is COC(=O)C1(Nc2ccc(OC)cc2)CCN(C)CC1. The first kappa shape index (κ1) is 14.7. The number of benzene rings is 1. The molecule has 0 radical (unpaired) electrons. The third-order valence-corrected chi connectivity index (χ3v) is 3.89. The number of nitrogens with one attached hydrogen (secondary N) is 1. The van der Waals surface area contributed by atoms with Crippen molar-refractivity contribution in [3.05, 3.63) is 24.3 Å². The zero-order chi connectivity index (χ0) is 14.6. The Labute approximate surface area is 119 Å². The van der Waals surface area contributed by atoms with Gasteiger partial charge in [0.15, 0.2) is 0 Å². The second-order valence-corrected chi connectivity index (χ2v) is 5.23. The van der Waals surface area contributed by atoms with Crippen LogP contribution in [0.4, 0.5) is 5.69 Å². The smallest absolute Gasteiger partial charge is 0.331 e. The maximum Gasteiger partial charge on any atom is 0.331 e. The van der Waals surface area contributed by atoms with Crippen LogP contribution in [0, 0.1) is 0 Å². The number of piperidine rings is 1. The quantitative estimate of drug-likeness (QED) is 0.850. The predicted molar refractivity (Wildman–Crippen MR) is 78.1 cm³/mol. The van der Waals surface area contributed by atoms with Crippen LogP contribution in [0.3, 0.4) is 0 Å². The van der Waals surface area contributed by atoms with E-state index < -0.39 is 5.54 Å². The maximum atomic E-state index is 12.2. The van der Waals surface area contributed by atoms with Gasteiger partial charge in [0.05, 0.1) is 14.2 Å². The minimum absolute atomic E-state index is 0.193. The fraction of sp³-hybridized carbons (Fsp3) is 0.533. The Morgan fingerprint density at radius 3 is 2.30 bits per heavy atom. The zero-order valence-electron chi connectivity index (χ0n) is 12.3. The number of likely N-dealkylation sites (tertiary alicyclic amines) is 1. The van der Waals surface area contributed by atoms with Gasteiger partial charge in [-0.2, -0.15) is 0 Å². The lowest BCUT2D eigenvalue weighted by Crippen LogP contribution is -2.54. The molecular weight excluding hydrogens is 256 g/mol. The summed E-state index contributed by atoms with van der Waals surface area (Å²) in [5.41, 5.74) is 0.274. The van der Waals surface area contributed by atoms with Crippen LogP contribution in [0.15, 0.2) is 24.3 Å². The van der Waals surface area contributed by atoms with Crippen LogP contribution < -0.4 is 10.1 Å². The molecule has 5 nitrogen and oxygen atoms in total. The zero-order valence-corrected chi connectivity index (χ0v) is 12.3. The van der Waals surface area contributed by atoms with Crippen molar-refractivity contribution in [1.29, 1.82) is 0 Å². The van der Waals surface area contributed by atoms with Crippen molar-refractivity contribution < 1.29 is 14.3 Å². The van der Waals surface area contributed by atoms with Gasteiger partial charge >= 0.3 is 5.97 Å². The summed E-state index contributed by atoms with van der Waals surface area (Å²) in [5, 5.41) is 3.36. The third kappa shape index (κ3) is 3.04. The van der Waals surface area contributed by atoms with Gasteiger partial charge in [0.2, 0.25) is 0 Å². The number of carbonyl (C=O) groups is 1. The Bertz CT molecular complexity index is 451. The van der Waals surface area contributed by atoms with Gasteiger partial charge in [0, 0.05) is 18.8 Å². The van der Waals surface area contributed by atoms with E-state index in [1.807, 2.05) is 24.3 Å². The summed E-state index contributed by atoms with van der Waals surface area (Å²) in [5.74, 6) is 0.604. The second-order valence-electron chi connectivity index (χ2n) is 5.23. The average molecular weight is 278 g/mol. The molecule has 0 aromatic heterocycles. The van der Waals surface area contributed by atoms with E-state index in [1.165, 1.54) is 7.11 Å². The van der Waals surface area contributed by atoms with Crippen LogP contribution in [0.25, 0.3) is 0 Å². The Morgan fingerprint density at radius 2 is 1.80 bits per heavy atom. The Balaban J connectivity index is 2.17. The second kappa shape index (κ2) is 6.13. The molecule has 20 heavy (non-hydrogen) atoms. The fourth-order valence-corrected chi connectivity index (χ4v) is 2.53. The fourth-order valence-electron chi connectivity index (χ4n) is 2.53. The van der Waals surface area contributed by atoms with Crippen LogP contribution in [0.2, 0.25) is 0 Å². The van der Waals surface area contributed by atoms with Gasteiger partial charge in [-0.15, -0.1) is 0 Å². The minimum atomic E-state index is -0.629. The van der Waals surface area contributed by atoms with E-state index in [9.17, 15) is 4.79 Å². The Morgan fingerprint density at radius 1 is 1.20 bits per heavy atom. The molecule has 1 saturated heterocycles. The highest BCUT2D eigenvalue weighted by Crippen LogP contribution is 2.28.